The molecule has 0 aliphatic carbocycles. The molecule has 60 valence electrons. The van der Waals surface area contributed by atoms with Crippen molar-refractivity contribution in [2.75, 3.05) is 12.8 Å². The average Bonchev–Trinajstić information content (AvgIpc) is 2.04. The number of nitrogen functional groups attached to an aromatic ring is 1. The zero-order chi connectivity index (χ0) is 10.9. The Kier molecular flexibility index (Phi) is 1.70. The summed E-state index contributed by atoms with van der Waals surface area (Å²) in [4.78, 5) is 3.73. The second-order valence-corrected chi connectivity index (χ2v) is 3.26. The second-order valence-electron chi connectivity index (χ2n) is 1.74. The van der Waals surface area contributed by atoms with Crippen molar-refractivity contribution < 1.29 is 8.85 Å². The van der Waals surface area contributed by atoms with Gasteiger partial charge in [0.2, 0.25) is 0 Å². The lowest BCUT2D eigenvalue weighted by atomic mass is 10.4. The molecule has 0 spiro atoms. The van der Waals surface area contributed by atoms with E-state index in [0.717, 1.165) is 0 Å². The number of anilines is 1. The number of halogens is 2. The summed E-state index contributed by atoms with van der Waals surface area (Å²) in [5, 5.41) is -0.0564. The van der Waals surface area contributed by atoms with Crippen molar-refractivity contribution in [2.45, 2.75) is 0 Å². The van der Waals surface area contributed by atoms with Crippen molar-refractivity contribution in [2.24, 2.45) is 0 Å². The third-order valence-electron chi connectivity index (χ3n) is 1.08. The van der Waals surface area contributed by atoms with Gasteiger partial charge in [0.1, 0.15) is 0 Å². The predicted octanol–water partition coefficient (Wildman–Crippen LogP) is 1.93. The first-order valence-electron chi connectivity index (χ1n) is 4.10. The van der Waals surface area contributed by atoms with Crippen LogP contribution >= 0.6 is 34.2 Å². The van der Waals surface area contributed by atoms with Crippen LogP contribution in [0.25, 0.3) is 0 Å². The Morgan fingerprint density at radius 3 is 3.27 bits per heavy atom. The van der Waals surface area contributed by atoms with Crippen LogP contribution in [0.3, 0.4) is 0 Å². The average molecular weight is 288 g/mol. The maximum absolute atomic E-state index is 6.90. The summed E-state index contributed by atoms with van der Waals surface area (Å²) in [7, 11) is -2.58. The Balaban J connectivity index is 3.13. The number of methoxy groups -OCH3 is 1. The number of ether oxygens (including phenoxy) is 1. The standard InChI is InChI=1S/C6H6ClIN2O/c1-11-5-4(9)3(8)2-10-6(5)7/h2H,1H3,(H2,9,10)/i1D3. The van der Waals surface area contributed by atoms with Gasteiger partial charge in [0.25, 0.3) is 0 Å². The highest BCUT2D eigenvalue weighted by molar-refractivity contribution is 14.1. The lowest BCUT2D eigenvalue weighted by Gasteiger charge is -2.06. The van der Waals surface area contributed by atoms with Crippen LogP contribution < -0.4 is 10.5 Å². The van der Waals surface area contributed by atoms with Gasteiger partial charge in [-0.1, -0.05) is 11.6 Å². The zero-order valence-electron chi connectivity index (χ0n) is 8.27. The van der Waals surface area contributed by atoms with Crippen molar-refractivity contribution in [3.8, 4) is 5.75 Å². The van der Waals surface area contributed by atoms with Gasteiger partial charge in [0, 0.05) is 6.20 Å². The first-order valence-corrected chi connectivity index (χ1v) is 4.05. The van der Waals surface area contributed by atoms with E-state index < -0.39 is 7.04 Å². The van der Waals surface area contributed by atoms with Crippen LogP contribution in [0.1, 0.15) is 4.11 Å². The van der Waals surface area contributed by atoms with Crippen molar-refractivity contribution in [1.82, 2.24) is 4.98 Å². The van der Waals surface area contributed by atoms with E-state index in [0.29, 0.717) is 3.57 Å². The molecule has 5 heteroatoms. The van der Waals surface area contributed by atoms with E-state index in [1.54, 1.807) is 0 Å². The molecule has 0 saturated carbocycles. The lowest BCUT2D eigenvalue weighted by Crippen LogP contribution is -1.97. The van der Waals surface area contributed by atoms with Crippen molar-refractivity contribution in [3.63, 3.8) is 0 Å². The smallest absolute Gasteiger partial charge is 0.180 e. The van der Waals surface area contributed by atoms with Gasteiger partial charge in [-0.2, -0.15) is 0 Å². The van der Waals surface area contributed by atoms with Gasteiger partial charge in [-0.25, -0.2) is 4.98 Å². The molecule has 0 atom stereocenters. The molecule has 0 amide bonds. The Morgan fingerprint density at radius 1 is 1.91 bits per heavy atom. The number of aromatic nitrogens is 1. The van der Waals surface area contributed by atoms with Crippen LogP contribution in [-0.2, 0) is 0 Å². The molecule has 1 rings (SSSR count). The van der Waals surface area contributed by atoms with Gasteiger partial charge in [-0.15, -0.1) is 0 Å². The van der Waals surface area contributed by atoms with Gasteiger partial charge in [-0.3, -0.25) is 0 Å². The monoisotopic (exact) mass is 287 g/mol. The molecule has 0 bridgehead atoms. The highest BCUT2D eigenvalue weighted by atomic mass is 127. The topological polar surface area (TPSA) is 48.1 Å². The van der Waals surface area contributed by atoms with Crippen LogP contribution in [-0.4, -0.2) is 12.0 Å². The molecule has 0 fully saturated rings. The van der Waals surface area contributed by atoms with E-state index in [2.05, 4.69) is 9.72 Å². The number of hydrogen-bond acceptors (Lipinski definition) is 3. The summed E-state index contributed by atoms with van der Waals surface area (Å²) in [5.74, 6) is -0.0985. The minimum Gasteiger partial charge on any atom is -0.491 e. The molecule has 1 aromatic heterocycles. The van der Waals surface area contributed by atoms with Gasteiger partial charge in [0.15, 0.2) is 10.9 Å². The second kappa shape index (κ2) is 3.44. The van der Waals surface area contributed by atoms with Gasteiger partial charge >= 0.3 is 0 Å². The van der Waals surface area contributed by atoms with E-state index in [1.165, 1.54) is 6.20 Å². The van der Waals surface area contributed by atoms with E-state index >= 15 is 0 Å². The molecule has 0 aromatic carbocycles. The molecule has 0 unspecified atom stereocenters. The molecule has 1 aromatic rings. The van der Waals surface area contributed by atoms with Crippen LogP contribution in [0, 0.1) is 3.57 Å². The highest BCUT2D eigenvalue weighted by Gasteiger charge is 2.08. The molecule has 2 N–H and O–H groups in total. The van der Waals surface area contributed by atoms with Gasteiger partial charge in [-0.05, 0) is 22.6 Å². The number of pyridine rings is 1. The molecule has 3 nitrogen and oxygen atoms in total. The van der Waals surface area contributed by atoms with E-state index in [4.69, 9.17) is 21.4 Å². The SMILES string of the molecule is [2H]C([2H])([2H])Oc1c(Cl)ncc(I)c1N. The molecule has 0 aliphatic rings. The molecule has 0 radical (unpaired) electrons. The molecular formula is C6H6ClIN2O. The van der Waals surface area contributed by atoms with E-state index in [-0.39, 0.29) is 16.6 Å². The van der Waals surface area contributed by atoms with Gasteiger partial charge in [0.05, 0.1) is 20.4 Å². The van der Waals surface area contributed by atoms with Crippen LogP contribution in [0.5, 0.6) is 5.75 Å². The molecule has 0 aliphatic heterocycles. The molecule has 11 heavy (non-hydrogen) atoms. The van der Waals surface area contributed by atoms with Crippen LogP contribution in [0.2, 0.25) is 5.15 Å². The van der Waals surface area contributed by atoms with Crippen molar-refractivity contribution in [1.29, 1.82) is 0 Å². The Bertz CT molecular complexity index is 358. The summed E-state index contributed by atoms with van der Waals surface area (Å²) >= 11 is 7.55. The van der Waals surface area contributed by atoms with E-state index in [9.17, 15) is 0 Å². The maximum atomic E-state index is 6.90. The first kappa shape index (κ1) is 5.42. The quantitative estimate of drug-likeness (QED) is 0.634. The zero-order valence-corrected chi connectivity index (χ0v) is 8.18. The molecule has 0 saturated heterocycles. The largest absolute Gasteiger partial charge is 0.491 e. The normalized spacial score (nSPS) is 14.9. The predicted molar refractivity (Wildman–Crippen MR) is 52.9 cm³/mol. The maximum Gasteiger partial charge on any atom is 0.180 e. The summed E-state index contributed by atoms with van der Waals surface area (Å²) in [6.07, 6.45) is 1.44. The number of rotatable bonds is 1. The van der Waals surface area contributed by atoms with Gasteiger partial charge < -0.3 is 10.5 Å². The highest BCUT2D eigenvalue weighted by Crippen LogP contribution is 2.31. The summed E-state index contributed by atoms with van der Waals surface area (Å²) in [6.45, 7) is 0. The first-order chi connectivity index (χ1) is 6.31. The minimum atomic E-state index is -2.58. The Labute approximate surface area is 87.2 Å². The van der Waals surface area contributed by atoms with Crippen LogP contribution in [0.4, 0.5) is 5.69 Å². The number of nitrogens with two attached hydrogens (primary N) is 1. The summed E-state index contributed by atoms with van der Waals surface area (Å²) in [6, 6.07) is 0. The fourth-order valence-electron chi connectivity index (χ4n) is 0.558. The number of nitrogens with zero attached hydrogens (tertiary/aromatic N) is 1. The molecular weight excluding hydrogens is 278 g/mol. The van der Waals surface area contributed by atoms with Crippen LogP contribution in [0.15, 0.2) is 6.20 Å². The fourth-order valence-corrected chi connectivity index (χ4v) is 1.13. The summed E-state index contributed by atoms with van der Waals surface area (Å²) < 4.78 is 25.9. The lowest BCUT2D eigenvalue weighted by molar-refractivity contribution is 0.415. The third kappa shape index (κ3) is 1.67. The summed E-state index contributed by atoms with van der Waals surface area (Å²) in [5.41, 5.74) is 5.77. The fraction of sp³-hybridized carbons (Fsp3) is 0.167. The van der Waals surface area contributed by atoms with Crippen molar-refractivity contribution in [3.05, 3.63) is 14.9 Å². The minimum absolute atomic E-state index is 0.0564. The van der Waals surface area contributed by atoms with Crippen molar-refractivity contribution >= 4 is 39.9 Å². The van der Waals surface area contributed by atoms with E-state index in [1.807, 2.05) is 22.6 Å². The third-order valence-corrected chi connectivity index (χ3v) is 2.21. The number of hydrogen-bond donors (Lipinski definition) is 1. The molecule has 1 heterocycles. The Morgan fingerprint density at radius 2 is 2.64 bits per heavy atom. The Hall–Kier alpha value is -0.230.